The Morgan fingerprint density at radius 1 is 1.29 bits per heavy atom. The second-order valence-corrected chi connectivity index (χ2v) is 5.82. The maximum atomic E-state index is 12.9. The first-order valence-corrected chi connectivity index (χ1v) is 7.58. The SMILES string of the molecule is CC(NC(=O)C1(c2ccccc2)CCCC1)c1ncc[nH]1. The lowest BCUT2D eigenvalue weighted by Crippen LogP contribution is -2.43. The van der Waals surface area contributed by atoms with Crippen LogP contribution in [-0.2, 0) is 10.2 Å². The number of benzene rings is 1. The molecule has 110 valence electrons. The number of imidazole rings is 1. The average Bonchev–Trinajstić information content (AvgIpc) is 3.20. The zero-order chi connectivity index (χ0) is 14.7. The molecule has 1 atom stereocenters. The van der Waals surface area contributed by atoms with E-state index in [0.29, 0.717) is 0 Å². The summed E-state index contributed by atoms with van der Waals surface area (Å²) in [6, 6.07) is 10.1. The van der Waals surface area contributed by atoms with Crippen molar-refractivity contribution < 1.29 is 4.79 Å². The highest BCUT2D eigenvalue weighted by molar-refractivity contribution is 5.88. The van der Waals surface area contributed by atoms with E-state index in [2.05, 4.69) is 27.4 Å². The molecule has 1 heterocycles. The number of hydrogen-bond acceptors (Lipinski definition) is 2. The molecular weight excluding hydrogens is 262 g/mol. The summed E-state index contributed by atoms with van der Waals surface area (Å²) >= 11 is 0. The topological polar surface area (TPSA) is 57.8 Å². The molecule has 3 rings (SSSR count). The van der Waals surface area contributed by atoms with E-state index in [1.54, 1.807) is 12.4 Å². The molecule has 4 nitrogen and oxygen atoms in total. The van der Waals surface area contributed by atoms with Gasteiger partial charge >= 0.3 is 0 Å². The lowest BCUT2D eigenvalue weighted by Gasteiger charge is -2.29. The highest BCUT2D eigenvalue weighted by atomic mass is 16.2. The van der Waals surface area contributed by atoms with Gasteiger partial charge in [0.25, 0.3) is 0 Å². The van der Waals surface area contributed by atoms with Crippen molar-refractivity contribution in [2.45, 2.75) is 44.1 Å². The molecule has 1 aliphatic rings. The Bertz CT molecular complexity index is 586. The molecule has 0 bridgehead atoms. The van der Waals surface area contributed by atoms with Crippen molar-refractivity contribution in [3.63, 3.8) is 0 Å². The number of aromatic amines is 1. The number of carbonyl (C=O) groups excluding carboxylic acids is 1. The van der Waals surface area contributed by atoms with Crippen molar-refractivity contribution in [1.82, 2.24) is 15.3 Å². The maximum Gasteiger partial charge on any atom is 0.231 e. The molecule has 1 aromatic heterocycles. The number of H-pyrrole nitrogens is 1. The van der Waals surface area contributed by atoms with Crippen LogP contribution in [0.5, 0.6) is 0 Å². The van der Waals surface area contributed by atoms with Gasteiger partial charge in [0.2, 0.25) is 5.91 Å². The fourth-order valence-corrected chi connectivity index (χ4v) is 3.30. The molecule has 0 saturated heterocycles. The number of aromatic nitrogens is 2. The minimum atomic E-state index is -0.373. The lowest BCUT2D eigenvalue weighted by atomic mass is 9.78. The molecule has 1 aliphatic carbocycles. The zero-order valence-electron chi connectivity index (χ0n) is 12.3. The Balaban J connectivity index is 1.83. The minimum Gasteiger partial charge on any atom is -0.347 e. The smallest absolute Gasteiger partial charge is 0.231 e. The number of nitrogens with one attached hydrogen (secondary N) is 2. The van der Waals surface area contributed by atoms with Gasteiger partial charge in [0, 0.05) is 12.4 Å². The first-order chi connectivity index (χ1) is 10.2. The second-order valence-electron chi connectivity index (χ2n) is 5.82. The van der Waals surface area contributed by atoms with Gasteiger partial charge in [0.1, 0.15) is 5.82 Å². The number of nitrogens with zero attached hydrogens (tertiary/aromatic N) is 1. The van der Waals surface area contributed by atoms with Gasteiger partial charge in [-0.05, 0) is 25.3 Å². The molecule has 1 fully saturated rings. The van der Waals surface area contributed by atoms with Gasteiger partial charge in [-0.15, -0.1) is 0 Å². The average molecular weight is 283 g/mol. The molecule has 0 radical (unpaired) electrons. The molecule has 21 heavy (non-hydrogen) atoms. The van der Waals surface area contributed by atoms with Crippen LogP contribution in [0.3, 0.4) is 0 Å². The predicted octanol–water partition coefficient (Wildman–Crippen LogP) is 3.10. The Morgan fingerprint density at radius 2 is 2.00 bits per heavy atom. The summed E-state index contributed by atoms with van der Waals surface area (Å²) < 4.78 is 0. The molecule has 1 unspecified atom stereocenters. The second kappa shape index (κ2) is 5.72. The van der Waals surface area contributed by atoms with E-state index in [1.807, 2.05) is 25.1 Å². The molecule has 1 aromatic carbocycles. The van der Waals surface area contributed by atoms with Gasteiger partial charge in [-0.1, -0.05) is 43.2 Å². The minimum absolute atomic E-state index is 0.103. The summed E-state index contributed by atoms with van der Waals surface area (Å²) in [6.07, 6.45) is 7.55. The van der Waals surface area contributed by atoms with Crippen LogP contribution in [-0.4, -0.2) is 15.9 Å². The van der Waals surface area contributed by atoms with Gasteiger partial charge in [-0.2, -0.15) is 0 Å². The van der Waals surface area contributed by atoms with Crippen molar-refractivity contribution in [3.05, 3.63) is 54.1 Å². The standard InChI is InChI=1S/C17H21N3O/c1-13(15-18-11-12-19-15)20-16(21)17(9-5-6-10-17)14-7-3-2-4-8-14/h2-4,7-8,11-13H,5-6,9-10H2,1H3,(H,18,19)(H,20,21). The van der Waals surface area contributed by atoms with Gasteiger partial charge in [0.15, 0.2) is 0 Å². The van der Waals surface area contributed by atoms with Crippen LogP contribution in [0.4, 0.5) is 0 Å². The van der Waals surface area contributed by atoms with Crippen LogP contribution < -0.4 is 5.32 Å². The van der Waals surface area contributed by atoms with Crippen LogP contribution >= 0.6 is 0 Å². The molecule has 0 spiro atoms. The van der Waals surface area contributed by atoms with Crippen molar-refractivity contribution >= 4 is 5.91 Å². The third-order valence-electron chi connectivity index (χ3n) is 4.50. The van der Waals surface area contributed by atoms with Crippen LogP contribution in [0.15, 0.2) is 42.7 Å². The molecular formula is C17H21N3O. The number of hydrogen-bond donors (Lipinski definition) is 2. The quantitative estimate of drug-likeness (QED) is 0.906. The predicted molar refractivity (Wildman–Crippen MR) is 81.7 cm³/mol. The molecule has 1 amide bonds. The molecule has 2 aromatic rings. The monoisotopic (exact) mass is 283 g/mol. The van der Waals surface area contributed by atoms with E-state index in [4.69, 9.17) is 0 Å². The van der Waals surface area contributed by atoms with E-state index in [0.717, 1.165) is 37.1 Å². The van der Waals surface area contributed by atoms with Crippen LogP contribution in [0.1, 0.15) is 50.0 Å². The van der Waals surface area contributed by atoms with Crippen LogP contribution in [0.25, 0.3) is 0 Å². The Hall–Kier alpha value is -2.10. The zero-order valence-corrected chi connectivity index (χ0v) is 12.3. The van der Waals surface area contributed by atoms with E-state index in [9.17, 15) is 4.79 Å². The Labute approximate surface area is 125 Å². The van der Waals surface area contributed by atoms with Crippen LogP contribution in [0, 0.1) is 0 Å². The summed E-state index contributed by atoms with van der Waals surface area (Å²) in [4.78, 5) is 20.2. The van der Waals surface area contributed by atoms with E-state index in [1.165, 1.54) is 0 Å². The first kappa shape index (κ1) is 13.9. The number of amides is 1. The largest absolute Gasteiger partial charge is 0.347 e. The van der Waals surface area contributed by atoms with Crippen molar-refractivity contribution in [2.75, 3.05) is 0 Å². The fourth-order valence-electron chi connectivity index (χ4n) is 3.30. The Kier molecular flexibility index (Phi) is 3.78. The van der Waals surface area contributed by atoms with E-state index in [-0.39, 0.29) is 17.4 Å². The lowest BCUT2D eigenvalue weighted by molar-refractivity contribution is -0.127. The van der Waals surface area contributed by atoms with Crippen molar-refractivity contribution in [1.29, 1.82) is 0 Å². The van der Waals surface area contributed by atoms with Crippen molar-refractivity contribution in [3.8, 4) is 0 Å². The highest BCUT2D eigenvalue weighted by Gasteiger charge is 2.43. The van der Waals surface area contributed by atoms with Gasteiger partial charge in [0.05, 0.1) is 11.5 Å². The molecule has 4 heteroatoms. The fraction of sp³-hybridized carbons (Fsp3) is 0.412. The van der Waals surface area contributed by atoms with Crippen molar-refractivity contribution in [2.24, 2.45) is 0 Å². The van der Waals surface area contributed by atoms with E-state index < -0.39 is 0 Å². The third-order valence-corrected chi connectivity index (χ3v) is 4.50. The highest BCUT2D eigenvalue weighted by Crippen LogP contribution is 2.41. The molecule has 1 saturated carbocycles. The summed E-state index contributed by atoms with van der Waals surface area (Å²) in [5.74, 6) is 0.916. The maximum absolute atomic E-state index is 12.9. The van der Waals surface area contributed by atoms with E-state index >= 15 is 0 Å². The van der Waals surface area contributed by atoms with Gasteiger partial charge in [-0.25, -0.2) is 4.98 Å². The summed E-state index contributed by atoms with van der Waals surface area (Å²) in [7, 11) is 0. The van der Waals surface area contributed by atoms with Gasteiger partial charge < -0.3 is 10.3 Å². The summed E-state index contributed by atoms with van der Waals surface area (Å²) in [5.41, 5.74) is 0.758. The summed E-state index contributed by atoms with van der Waals surface area (Å²) in [5, 5.41) is 3.13. The first-order valence-electron chi connectivity index (χ1n) is 7.58. The Morgan fingerprint density at radius 3 is 2.62 bits per heavy atom. The normalized spacial score (nSPS) is 18.3. The molecule has 0 aliphatic heterocycles. The molecule has 2 N–H and O–H groups in total. The van der Waals surface area contributed by atoms with Gasteiger partial charge in [-0.3, -0.25) is 4.79 Å². The van der Waals surface area contributed by atoms with Crippen LogP contribution in [0.2, 0.25) is 0 Å². The third kappa shape index (κ3) is 2.58. The number of rotatable bonds is 4. The summed E-state index contributed by atoms with van der Waals surface area (Å²) in [6.45, 7) is 1.96. The number of carbonyl (C=O) groups is 1.